The van der Waals surface area contributed by atoms with Crippen LogP contribution in [0.4, 0.5) is 5.82 Å². The summed E-state index contributed by atoms with van der Waals surface area (Å²) in [4.78, 5) is 21.2. The van der Waals surface area contributed by atoms with Crippen LogP contribution in [0.3, 0.4) is 0 Å². The molecule has 0 unspecified atom stereocenters. The molecular formula is C22H19N3O2. The zero-order valence-electron chi connectivity index (χ0n) is 15.4. The van der Waals surface area contributed by atoms with Crippen LogP contribution < -0.4 is 5.32 Å². The van der Waals surface area contributed by atoms with Gasteiger partial charge in [-0.15, -0.1) is 0 Å². The lowest BCUT2D eigenvalue weighted by atomic mass is 10.0. The van der Waals surface area contributed by atoms with Crippen LogP contribution in [0.25, 0.3) is 22.2 Å². The number of anilines is 1. The van der Waals surface area contributed by atoms with Gasteiger partial charge < -0.3 is 9.73 Å². The molecule has 5 heteroatoms. The SMILES string of the molecule is Cc1nc2cc(C)c(-c3ccc(NC(=O)c4ccccc4C)nc3)cc2o1. The molecule has 0 saturated carbocycles. The number of carbonyl (C=O) groups excluding carboxylic acids is 1. The van der Waals surface area contributed by atoms with E-state index in [0.29, 0.717) is 17.3 Å². The molecule has 0 spiro atoms. The van der Waals surface area contributed by atoms with Crippen molar-refractivity contribution in [3.05, 3.63) is 77.3 Å². The van der Waals surface area contributed by atoms with Gasteiger partial charge in [0.2, 0.25) is 0 Å². The van der Waals surface area contributed by atoms with E-state index >= 15 is 0 Å². The van der Waals surface area contributed by atoms with Gasteiger partial charge in [0, 0.05) is 24.2 Å². The molecule has 2 aromatic heterocycles. The topological polar surface area (TPSA) is 68.0 Å². The molecule has 5 nitrogen and oxygen atoms in total. The highest BCUT2D eigenvalue weighted by molar-refractivity contribution is 6.04. The molecule has 0 atom stereocenters. The third kappa shape index (κ3) is 3.31. The van der Waals surface area contributed by atoms with E-state index in [-0.39, 0.29) is 5.91 Å². The summed E-state index contributed by atoms with van der Waals surface area (Å²) in [5, 5.41) is 2.85. The first-order valence-electron chi connectivity index (χ1n) is 8.72. The minimum atomic E-state index is -0.164. The van der Waals surface area contributed by atoms with Gasteiger partial charge in [0.15, 0.2) is 11.5 Å². The average Bonchev–Trinajstić information content (AvgIpc) is 3.01. The van der Waals surface area contributed by atoms with Crippen LogP contribution in [0.1, 0.15) is 27.4 Å². The number of carbonyl (C=O) groups is 1. The first kappa shape index (κ1) is 17.0. The Hall–Kier alpha value is -3.47. The molecule has 27 heavy (non-hydrogen) atoms. The van der Waals surface area contributed by atoms with Crippen molar-refractivity contribution in [1.29, 1.82) is 0 Å². The lowest BCUT2D eigenvalue weighted by Crippen LogP contribution is -2.14. The predicted octanol–water partition coefficient (Wildman–Crippen LogP) is 5.07. The zero-order chi connectivity index (χ0) is 19.0. The first-order chi connectivity index (χ1) is 13.0. The Labute approximate surface area is 157 Å². The second-order valence-electron chi connectivity index (χ2n) is 6.57. The number of fused-ring (bicyclic) bond motifs is 1. The third-order valence-electron chi connectivity index (χ3n) is 4.55. The van der Waals surface area contributed by atoms with E-state index in [0.717, 1.165) is 33.4 Å². The molecule has 0 radical (unpaired) electrons. The Morgan fingerprint density at radius 1 is 1.00 bits per heavy atom. The highest BCUT2D eigenvalue weighted by Gasteiger charge is 2.11. The molecule has 0 aliphatic heterocycles. The fourth-order valence-corrected chi connectivity index (χ4v) is 3.14. The number of aromatic nitrogens is 2. The Bertz CT molecular complexity index is 1140. The van der Waals surface area contributed by atoms with E-state index in [1.165, 1.54) is 0 Å². The van der Waals surface area contributed by atoms with Gasteiger partial charge in [-0.3, -0.25) is 4.79 Å². The second kappa shape index (κ2) is 6.68. The van der Waals surface area contributed by atoms with Crippen molar-refractivity contribution in [3.8, 4) is 11.1 Å². The van der Waals surface area contributed by atoms with Crippen LogP contribution in [-0.4, -0.2) is 15.9 Å². The van der Waals surface area contributed by atoms with Gasteiger partial charge in [0.05, 0.1) is 0 Å². The van der Waals surface area contributed by atoms with Crippen molar-refractivity contribution in [2.45, 2.75) is 20.8 Å². The molecule has 0 fully saturated rings. The molecule has 2 heterocycles. The number of oxazole rings is 1. The molecular weight excluding hydrogens is 338 g/mol. The number of rotatable bonds is 3. The van der Waals surface area contributed by atoms with E-state index in [9.17, 15) is 4.79 Å². The minimum Gasteiger partial charge on any atom is -0.441 e. The van der Waals surface area contributed by atoms with Crippen LogP contribution in [0.5, 0.6) is 0 Å². The highest BCUT2D eigenvalue weighted by Crippen LogP contribution is 2.28. The molecule has 0 aliphatic carbocycles. The van der Waals surface area contributed by atoms with Gasteiger partial charge in [-0.2, -0.15) is 0 Å². The lowest BCUT2D eigenvalue weighted by molar-refractivity contribution is 0.102. The van der Waals surface area contributed by atoms with Crippen molar-refractivity contribution < 1.29 is 9.21 Å². The molecule has 0 bridgehead atoms. The quantitative estimate of drug-likeness (QED) is 0.556. The number of amides is 1. The van der Waals surface area contributed by atoms with Gasteiger partial charge in [-0.25, -0.2) is 9.97 Å². The Morgan fingerprint density at radius 2 is 1.81 bits per heavy atom. The van der Waals surface area contributed by atoms with E-state index in [1.54, 1.807) is 18.3 Å². The smallest absolute Gasteiger partial charge is 0.257 e. The molecule has 1 amide bonds. The molecule has 2 aromatic carbocycles. The fraction of sp³-hybridized carbons (Fsp3) is 0.136. The molecule has 134 valence electrons. The summed E-state index contributed by atoms with van der Waals surface area (Å²) in [6.07, 6.45) is 1.75. The van der Waals surface area contributed by atoms with Crippen LogP contribution in [0, 0.1) is 20.8 Å². The van der Waals surface area contributed by atoms with Crippen LogP contribution in [0.15, 0.2) is 59.1 Å². The normalized spacial score (nSPS) is 10.9. The second-order valence-corrected chi connectivity index (χ2v) is 6.57. The Kier molecular flexibility index (Phi) is 4.20. The predicted molar refractivity (Wildman–Crippen MR) is 106 cm³/mol. The van der Waals surface area contributed by atoms with Crippen molar-refractivity contribution >= 4 is 22.8 Å². The molecule has 4 rings (SSSR count). The summed E-state index contributed by atoms with van der Waals surface area (Å²) in [5.41, 5.74) is 6.26. The number of nitrogens with one attached hydrogen (secondary N) is 1. The van der Waals surface area contributed by atoms with Gasteiger partial charge >= 0.3 is 0 Å². The molecule has 4 aromatic rings. The maximum absolute atomic E-state index is 12.4. The van der Waals surface area contributed by atoms with E-state index in [4.69, 9.17) is 4.42 Å². The summed E-state index contributed by atoms with van der Waals surface area (Å²) in [7, 11) is 0. The van der Waals surface area contributed by atoms with Gasteiger partial charge in [0.1, 0.15) is 11.3 Å². The van der Waals surface area contributed by atoms with Crippen LogP contribution in [0.2, 0.25) is 0 Å². The number of benzene rings is 2. The summed E-state index contributed by atoms with van der Waals surface area (Å²) in [5.74, 6) is 0.998. The zero-order valence-corrected chi connectivity index (χ0v) is 15.4. The Balaban J connectivity index is 1.60. The van der Waals surface area contributed by atoms with Crippen LogP contribution >= 0.6 is 0 Å². The maximum Gasteiger partial charge on any atom is 0.257 e. The minimum absolute atomic E-state index is 0.164. The van der Waals surface area contributed by atoms with E-state index < -0.39 is 0 Å². The van der Waals surface area contributed by atoms with Gasteiger partial charge in [-0.05, 0) is 60.9 Å². The average molecular weight is 357 g/mol. The lowest BCUT2D eigenvalue weighted by Gasteiger charge is -2.09. The first-order valence-corrected chi connectivity index (χ1v) is 8.72. The largest absolute Gasteiger partial charge is 0.441 e. The van der Waals surface area contributed by atoms with Crippen molar-refractivity contribution in [3.63, 3.8) is 0 Å². The summed E-state index contributed by atoms with van der Waals surface area (Å²) in [6, 6.07) is 15.2. The highest BCUT2D eigenvalue weighted by atomic mass is 16.3. The monoisotopic (exact) mass is 357 g/mol. The summed E-state index contributed by atoms with van der Waals surface area (Å²) in [6.45, 7) is 5.78. The third-order valence-corrected chi connectivity index (χ3v) is 4.55. The number of nitrogens with zero attached hydrogens (tertiary/aromatic N) is 2. The van der Waals surface area contributed by atoms with Crippen LogP contribution in [-0.2, 0) is 0 Å². The van der Waals surface area contributed by atoms with E-state index in [2.05, 4.69) is 15.3 Å². The van der Waals surface area contributed by atoms with Crippen molar-refractivity contribution in [2.75, 3.05) is 5.32 Å². The molecule has 1 N–H and O–H groups in total. The van der Waals surface area contributed by atoms with Crippen molar-refractivity contribution in [1.82, 2.24) is 9.97 Å². The summed E-state index contributed by atoms with van der Waals surface area (Å²) < 4.78 is 5.63. The van der Waals surface area contributed by atoms with Crippen molar-refractivity contribution in [2.24, 2.45) is 0 Å². The molecule has 0 saturated heterocycles. The van der Waals surface area contributed by atoms with Gasteiger partial charge in [0.25, 0.3) is 5.91 Å². The number of pyridine rings is 1. The Morgan fingerprint density at radius 3 is 2.56 bits per heavy atom. The number of hydrogen-bond donors (Lipinski definition) is 1. The van der Waals surface area contributed by atoms with E-state index in [1.807, 2.05) is 57.2 Å². The van der Waals surface area contributed by atoms with Gasteiger partial charge in [-0.1, -0.05) is 18.2 Å². The number of hydrogen-bond acceptors (Lipinski definition) is 4. The number of aryl methyl sites for hydroxylation is 3. The maximum atomic E-state index is 12.4. The summed E-state index contributed by atoms with van der Waals surface area (Å²) >= 11 is 0. The molecule has 0 aliphatic rings. The standard InChI is InChI=1S/C22H19N3O2/c1-13-6-4-5-7-17(13)22(26)25-21-9-8-16(12-23-21)18-11-20-19(10-14(18)2)24-15(3)27-20/h4-12H,1-3H3,(H,23,25,26). The fourth-order valence-electron chi connectivity index (χ4n) is 3.14.